The Hall–Kier alpha value is -1.79. The summed E-state index contributed by atoms with van der Waals surface area (Å²) in [6.45, 7) is 8.52. The number of likely N-dealkylation sites (tertiary alicyclic amines) is 1. The second-order valence-corrected chi connectivity index (χ2v) is 6.94. The van der Waals surface area contributed by atoms with Crippen molar-refractivity contribution in [1.82, 2.24) is 4.90 Å². The number of urea groups is 1. The van der Waals surface area contributed by atoms with Crippen LogP contribution >= 0.6 is 0 Å². The van der Waals surface area contributed by atoms with E-state index in [4.69, 9.17) is 9.47 Å². The summed E-state index contributed by atoms with van der Waals surface area (Å²) in [5, 5.41) is 13.1. The van der Waals surface area contributed by atoms with Gasteiger partial charge in [0.05, 0.1) is 12.2 Å². The van der Waals surface area contributed by atoms with Gasteiger partial charge in [0.25, 0.3) is 0 Å². The Morgan fingerprint density at radius 3 is 2.92 bits per heavy atom. The maximum absolute atomic E-state index is 12.5. The number of nitrogens with one attached hydrogen (secondary N) is 1. The van der Waals surface area contributed by atoms with E-state index >= 15 is 0 Å². The fourth-order valence-electron chi connectivity index (χ4n) is 2.97. The molecule has 0 unspecified atom stereocenters. The standard InChI is InChI=1S/C19H30N2O4/c1-4-24-11-12-25-17-9-5-8-16(13-17)20-18(22)21-10-6-7-15(14-21)19(2,3)23/h5,8-9,13,15,23H,4,6-7,10-12,14H2,1-3H3,(H,20,22)/t15-/m0/s1. The number of nitrogens with zero attached hydrogens (tertiary/aromatic N) is 1. The summed E-state index contributed by atoms with van der Waals surface area (Å²) in [6.07, 6.45) is 1.85. The molecule has 1 saturated heterocycles. The van der Waals surface area contributed by atoms with E-state index in [0.717, 1.165) is 12.8 Å². The number of aliphatic hydroxyl groups is 1. The van der Waals surface area contributed by atoms with E-state index in [0.29, 0.717) is 44.3 Å². The summed E-state index contributed by atoms with van der Waals surface area (Å²) in [4.78, 5) is 14.3. The van der Waals surface area contributed by atoms with Crippen molar-refractivity contribution >= 4 is 11.7 Å². The Bertz CT molecular complexity index is 557. The largest absolute Gasteiger partial charge is 0.491 e. The smallest absolute Gasteiger partial charge is 0.321 e. The van der Waals surface area contributed by atoms with Gasteiger partial charge in [-0.15, -0.1) is 0 Å². The lowest BCUT2D eigenvalue weighted by Crippen LogP contribution is -2.48. The molecule has 25 heavy (non-hydrogen) atoms. The molecule has 1 aliphatic rings. The SMILES string of the molecule is CCOCCOc1cccc(NC(=O)N2CCC[C@H](C(C)(C)O)C2)c1. The molecule has 6 heteroatoms. The van der Waals surface area contributed by atoms with Crippen LogP contribution in [-0.2, 0) is 4.74 Å². The topological polar surface area (TPSA) is 71.0 Å². The molecule has 0 saturated carbocycles. The molecule has 0 bridgehead atoms. The number of benzene rings is 1. The molecule has 1 aromatic carbocycles. The highest BCUT2D eigenvalue weighted by atomic mass is 16.5. The van der Waals surface area contributed by atoms with Crippen LogP contribution in [0.3, 0.4) is 0 Å². The second kappa shape index (κ2) is 9.06. The lowest BCUT2D eigenvalue weighted by Gasteiger charge is -2.38. The van der Waals surface area contributed by atoms with Gasteiger partial charge >= 0.3 is 6.03 Å². The third-order valence-corrected chi connectivity index (χ3v) is 4.49. The number of carbonyl (C=O) groups is 1. The van der Waals surface area contributed by atoms with Crippen LogP contribution in [-0.4, -0.2) is 54.5 Å². The zero-order valence-corrected chi connectivity index (χ0v) is 15.5. The van der Waals surface area contributed by atoms with Crippen LogP contribution in [0.2, 0.25) is 0 Å². The quantitative estimate of drug-likeness (QED) is 0.741. The van der Waals surface area contributed by atoms with Crippen LogP contribution in [0.1, 0.15) is 33.6 Å². The molecular formula is C19H30N2O4. The zero-order valence-electron chi connectivity index (χ0n) is 15.5. The van der Waals surface area contributed by atoms with Crippen molar-refractivity contribution in [3.05, 3.63) is 24.3 Å². The monoisotopic (exact) mass is 350 g/mol. The second-order valence-electron chi connectivity index (χ2n) is 6.94. The molecule has 1 aliphatic heterocycles. The normalized spacial score (nSPS) is 18.1. The Labute approximate surface area is 150 Å². The number of piperidine rings is 1. The van der Waals surface area contributed by atoms with Crippen molar-refractivity contribution in [3.8, 4) is 5.75 Å². The van der Waals surface area contributed by atoms with Gasteiger partial charge in [-0.1, -0.05) is 6.07 Å². The summed E-state index contributed by atoms with van der Waals surface area (Å²) in [6, 6.07) is 7.21. The number of rotatable bonds is 7. The molecule has 2 amide bonds. The zero-order chi connectivity index (χ0) is 18.3. The van der Waals surface area contributed by atoms with E-state index in [1.807, 2.05) is 39.0 Å². The van der Waals surface area contributed by atoms with Gasteiger partial charge in [-0.3, -0.25) is 0 Å². The predicted molar refractivity (Wildman–Crippen MR) is 98.0 cm³/mol. The maximum atomic E-state index is 12.5. The van der Waals surface area contributed by atoms with Crippen LogP contribution in [0.25, 0.3) is 0 Å². The van der Waals surface area contributed by atoms with Crippen molar-refractivity contribution < 1.29 is 19.4 Å². The Balaban J connectivity index is 1.89. The molecule has 1 heterocycles. The molecule has 2 N–H and O–H groups in total. The minimum atomic E-state index is -0.771. The van der Waals surface area contributed by atoms with E-state index in [1.54, 1.807) is 11.0 Å². The fourth-order valence-corrected chi connectivity index (χ4v) is 2.97. The number of hydrogen-bond acceptors (Lipinski definition) is 4. The van der Waals surface area contributed by atoms with E-state index in [1.165, 1.54) is 0 Å². The van der Waals surface area contributed by atoms with Crippen LogP contribution in [0.5, 0.6) is 5.75 Å². The lowest BCUT2D eigenvalue weighted by molar-refractivity contribution is -0.00973. The number of amides is 2. The summed E-state index contributed by atoms with van der Waals surface area (Å²) in [5.41, 5.74) is -0.0722. The van der Waals surface area contributed by atoms with Gasteiger partial charge in [0, 0.05) is 37.4 Å². The van der Waals surface area contributed by atoms with Crippen LogP contribution in [0, 0.1) is 5.92 Å². The van der Waals surface area contributed by atoms with Crippen molar-refractivity contribution in [2.45, 2.75) is 39.2 Å². The highest BCUT2D eigenvalue weighted by Crippen LogP contribution is 2.27. The summed E-state index contributed by atoms with van der Waals surface area (Å²) in [7, 11) is 0. The minimum absolute atomic E-state index is 0.0974. The van der Waals surface area contributed by atoms with E-state index in [-0.39, 0.29) is 11.9 Å². The first-order valence-corrected chi connectivity index (χ1v) is 8.99. The highest BCUT2D eigenvalue weighted by Gasteiger charge is 2.33. The van der Waals surface area contributed by atoms with Crippen molar-refractivity contribution in [2.75, 3.05) is 38.2 Å². The number of hydrogen-bond donors (Lipinski definition) is 2. The number of ether oxygens (including phenoxy) is 2. The Kier molecular flexibility index (Phi) is 7.08. The van der Waals surface area contributed by atoms with E-state index in [9.17, 15) is 9.90 Å². The first-order valence-electron chi connectivity index (χ1n) is 8.99. The molecule has 0 spiro atoms. The average Bonchev–Trinajstić information content (AvgIpc) is 2.58. The van der Waals surface area contributed by atoms with Crippen molar-refractivity contribution in [1.29, 1.82) is 0 Å². The summed E-state index contributed by atoms with van der Waals surface area (Å²) >= 11 is 0. The van der Waals surface area contributed by atoms with Crippen LogP contribution < -0.4 is 10.1 Å². The molecule has 2 rings (SSSR count). The lowest BCUT2D eigenvalue weighted by atomic mass is 9.84. The van der Waals surface area contributed by atoms with E-state index < -0.39 is 5.60 Å². The molecule has 0 aromatic heterocycles. The first-order chi connectivity index (χ1) is 11.9. The predicted octanol–water partition coefficient (Wildman–Crippen LogP) is 3.12. The molecule has 1 aromatic rings. The van der Waals surface area contributed by atoms with Gasteiger partial charge in [0.15, 0.2) is 0 Å². The van der Waals surface area contributed by atoms with Gasteiger partial charge in [-0.05, 0) is 45.7 Å². The van der Waals surface area contributed by atoms with Crippen LogP contribution in [0.15, 0.2) is 24.3 Å². The molecule has 1 atom stereocenters. The molecule has 0 radical (unpaired) electrons. The molecule has 0 aliphatic carbocycles. The van der Waals surface area contributed by atoms with E-state index in [2.05, 4.69) is 5.32 Å². The third kappa shape index (κ3) is 6.21. The minimum Gasteiger partial charge on any atom is -0.491 e. The summed E-state index contributed by atoms with van der Waals surface area (Å²) in [5.74, 6) is 0.797. The third-order valence-electron chi connectivity index (χ3n) is 4.49. The fraction of sp³-hybridized carbons (Fsp3) is 0.632. The van der Waals surface area contributed by atoms with Gasteiger partial charge in [0.2, 0.25) is 0 Å². The maximum Gasteiger partial charge on any atom is 0.321 e. The average molecular weight is 350 g/mol. The van der Waals surface area contributed by atoms with Gasteiger partial charge in [-0.25, -0.2) is 4.79 Å². The van der Waals surface area contributed by atoms with Gasteiger partial charge in [-0.2, -0.15) is 0 Å². The molecule has 6 nitrogen and oxygen atoms in total. The van der Waals surface area contributed by atoms with Gasteiger partial charge in [0.1, 0.15) is 12.4 Å². The molecule has 1 fully saturated rings. The Morgan fingerprint density at radius 1 is 1.40 bits per heavy atom. The Morgan fingerprint density at radius 2 is 2.20 bits per heavy atom. The molecule has 140 valence electrons. The van der Waals surface area contributed by atoms with Gasteiger partial charge < -0.3 is 24.8 Å². The highest BCUT2D eigenvalue weighted by molar-refractivity contribution is 5.89. The number of anilines is 1. The van der Waals surface area contributed by atoms with Crippen molar-refractivity contribution in [2.24, 2.45) is 5.92 Å². The number of carbonyl (C=O) groups excluding carboxylic acids is 1. The molecular weight excluding hydrogens is 320 g/mol. The van der Waals surface area contributed by atoms with Crippen molar-refractivity contribution in [3.63, 3.8) is 0 Å². The summed E-state index contributed by atoms with van der Waals surface area (Å²) < 4.78 is 10.9. The van der Waals surface area contributed by atoms with Crippen LogP contribution in [0.4, 0.5) is 10.5 Å². The first kappa shape index (κ1) is 19.5.